The van der Waals surface area contributed by atoms with Crippen molar-refractivity contribution >= 4 is 17.5 Å². The van der Waals surface area contributed by atoms with Gasteiger partial charge in [0.05, 0.1) is 24.6 Å². The highest BCUT2D eigenvalue weighted by Crippen LogP contribution is 2.34. The van der Waals surface area contributed by atoms with Crippen molar-refractivity contribution < 1.29 is 14.1 Å². The van der Waals surface area contributed by atoms with E-state index in [4.69, 9.17) is 20.9 Å². The number of aromatic nitrogens is 1. The number of hydrogen-bond acceptors (Lipinski definition) is 4. The van der Waals surface area contributed by atoms with E-state index < -0.39 is 5.41 Å². The van der Waals surface area contributed by atoms with Crippen LogP contribution in [0.1, 0.15) is 32.4 Å². The Hall–Kier alpha value is -2.01. The number of alkyl halides is 1. The number of carbonyl (C=O) groups excluding carboxylic acids is 1. The monoisotopic (exact) mass is 362 g/mol. The number of para-hydroxylation sites is 1. The van der Waals surface area contributed by atoms with Gasteiger partial charge >= 0.3 is 0 Å². The molecule has 0 aliphatic heterocycles. The second-order valence-corrected chi connectivity index (χ2v) is 7.33. The van der Waals surface area contributed by atoms with Gasteiger partial charge in [-0.1, -0.05) is 17.3 Å². The predicted octanol–water partition coefficient (Wildman–Crippen LogP) is 4.11. The minimum absolute atomic E-state index is 0.0619. The standard InChI is InChI=1S/C19H23ClN2O3/c1-19(2,12-20)18(23)22(14-8-9-14)11-13-10-17(25-21-13)15-6-4-5-7-16(15)24-3/h4-7,10,14H,8-9,11-12H2,1-3H3. The fraction of sp³-hybridized carbons (Fsp3) is 0.474. The van der Waals surface area contributed by atoms with E-state index in [0.29, 0.717) is 18.2 Å². The van der Waals surface area contributed by atoms with E-state index >= 15 is 0 Å². The van der Waals surface area contributed by atoms with Gasteiger partial charge in [-0.3, -0.25) is 4.79 Å². The van der Waals surface area contributed by atoms with Gasteiger partial charge in [-0.2, -0.15) is 0 Å². The lowest BCUT2D eigenvalue weighted by molar-refractivity contribution is -0.140. The van der Waals surface area contributed by atoms with Crippen molar-refractivity contribution in [2.24, 2.45) is 5.41 Å². The Labute approximate surface area is 152 Å². The number of amides is 1. The Morgan fingerprint density at radius 1 is 1.40 bits per heavy atom. The quantitative estimate of drug-likeness (QED) is 0.695. The largest absolute Gasteiger partial charge is 0.496 e. The average molecular weight is 363 g/mol. The van der Waals surface area contributed by atoms with Gasteiger partial charge in [-0.25, -0.2) is 0 Å². The topological polar surface area (TPSA) is 55.6 Å². The fourth-order valence-electron chi connectivity index (χ4n) is 2.73. The first-order valence-electron chi connectivity index (χ1n) is 8.42. The van der Waals surface area contributed by atoms with Gasteiger partial charge < -0.3 is 14.2 Å². The average Bonchev–Trinajstić information content (AvgIpc) is 3.37. The third kappa shape index (κ3) is 3.82. The van der Waals surface area contributed by atoms with Crippen LogP contribution in [0.2, 0.25) is 0 Å². The number of methoxy groups -OCH3 is 1. The Kier molecular flexibility index (Phi) is 5.04. The van der Waals surface area contributed by atoms with E-state index in [9.17, 15) is 4.79 Å². The van der Waals surface area contributed by atoms with Crippen LogP contribution in [0.5, 0.6) is 5.75 Å². The first-order valence-corrected chi connectivity index (χ1v) is 8.95. The van der Waals surface area contributed by atoms with Crippen LogP contribution in [0.4, 0.5) is 0 Å². The van der Waals surface area contributed by atoms with E-state index in [-0.39, 0.29) is 11.9 Å². The van der Waals surface area contributed by atoms with Gasteiger partial charge in [-0.05, 0) is 38.8 Å². The summed E-state index contributed by atoms with van der Waals surface area (Å²) in [6, 6.07) is 9.77. The lowest BCUT2D eigenvalue weighted by Gasteiger charge is -2.30. The molecule has 2 aromatic rings. The Morgan fingerprint density at radius 3 is 2.76 bits per heavy atom. The van der Waals surface area contributed by atoms with Crippen molar-refractivity contribution in [2.45, 2.75) is 39.3 Å². The molecule has 6 heteroatoms. The molecule has 3 rings (SSSR count). The summed E-state index contributed by atoms with van der Waals surface area (Å²) in [6.45, 7) is 4.18. The highest BCUT2D eigenvalue weighted by Gasteiger charge is 2.39. The first kappa shape index (κ1) is 17.8. The molecule has 0 unspecified atom stereocenters. The molecule has 1 heterocycles. The molecule has 0 radical (unpaired) electrons. The first-order chi connectivity index (χ1) is 12.0. The second kappa shape index (κ2) is 7.08. The van der Waals surface area contributed by atoms with E-state index in [1.807, 2.05) is 49.1 Å². The van der Waals surface area contributed by atoms with Crippen molar-refractivity contribution in [3.63, 3.8) is 0 Å². The van der Waals surface area contributed by atoms with Crippen LogP contribution in [0.3, 0.4) is 0 Å². The van der Waals surface area contributed by atoms with Gasteiger partial charge in [0.1, 0.15) is 11.4 Å². The summed E-state index contributed by atoms with van der Waals surface area (Å²) >= 11 is 5.98. The molecule has 1 aromatic carbocycles. The molecule has 0 N–H and O–H groups in total. The maximum absolute atomic E-state index is 12.8. The molecule has 1 aliphatic rings. The summed E-state index contributed by atoms with van der Waals surface area (Å²) < 4.78 is 10.9. The van der Waals surface area contributed by atoms with Gasteiger partial charge in [-0.15, -0.1) is 11.6 Å². The molecule has 1 amide bonds. The van der Waals surface area contributed by atoms with Crippen molar-refractivity contribution in [3.05, 3.63) is 36.0 Å². The van der Waals surface area contributed by atoms with Crippen LogP contribution in [0.15, 0.2) is 34.9 Å². The summed E-state index contributed by atoms with van der Waals surface area (Å²) in [5, 5.41) is 4.15. The summed E-state index contributed by atoms with van der Waals surface area (Å²) in [5.41, 5.74) is 0.986. The normalized spacial score (nSPS) is 14.4. The van der Waals surface area contributed by atoms with Gasteiger partial charge in [0.25, 0.3) is 0 Å². The lowest BCUT2D eigenvalue weighted by atomic mass is 9.94. The number of ether oxygens (including phenoxy) is 1. The SMILES string of the molecule is COc1ccccc1-c1cc(CN(C(=O)C(C)(C)CCl)C2CC2)no1. The third-order valence-corrected chi connectivity index (χ3v) is 5.09. The molecule has 1 fully saturated rings. The van der Waals surface area contributed by atoms with Gasteiger partial charge in [0, 0.05) is 18.0 Å². The van der Waals surface area contributed by atoms with Crippen LogP contribution >= 0.6 is 11.6 Å². The molecule has 134 valence electrons. The summed E-state index contributed by atoms with van der Waals surface area (Å²) in [6.07, 6.45) is 2.06. The van der Waals surface area contributed by atoms with Gasteiger partial charge in [0.15, 0.2) is 5.76 Å². The number of hydrogen-bond donors (Lipinski definition) is 0. The fourth-order valence-corrected chi connectivity index (χ4v) is 2.85. The van der Waals surface area contributed by atoms with Crippen LogP contribution < -0.4 is 4.74 Å². The van der Waals surface area contributed by atoms with Gasteiger partial charge in [0.2, 0.25) is 5.91 Å². The Balaban J connectivity index is 1.81. The zero-order valence-corrected chi connectivity index (χ0v) is 15.5. The zero-order chi connectivity index (χ0) is 18.0. The molecular formula is C19H23ClN2O3. The van der Waals surface area contributed by atoms with E-state index in [0.717, 1.165) is 29.8 Å². The van der Waals surface area contributed by atoms with Crippen molar-refractivity contribution in [1.82, 2.24) is 10.1 Å². The summed E-state index contributed by atoms with van der Waals surface area (Å²) in [4.78, 5) is 14.7. The third-order valence-electron chi connectivity index (χ3n) is 4.43. The molecule has 0 atom stereocenters. The number of carbonyl (C=O) groups is 1. The van der Waals surface area contributed by atoms with E-state index in [2.05, 4.69) is 5.16 Å². The maximum Gasteiger partial charge on any atom is 0.230 e. The van der Waals surface area contributed by atoms with Crippen LogP contribution in [0, 0.1) is 5.41 Å². The van der Waals surface area contributed by atoms with Crippen LogP contribution in [-0.4, -0.2) is 35.0 Å². The highest BCUT2D eigenvalue weighted by molar-refractivity contribution is 6.19. The summed E-state index contributed by atoms with van der Waals surface area (Å²) in [7, 11) is 1.62. The zero-order valence-electron chi connectivity index (χ0n) is 14.8. The molecule has 25 heavy (non-hydrogen) atoms. The molecule has 0 bridgehead atoms. The Morgan fingerprint density at radius 2 is 2.12 bits per heavy atom. The van der Waals surface area contributed by atoms with Crippen LogP contribution in [-0.2, 0) is 11.3 Å². The second-order valence-electron chi connectivity index (χ2n) is 7.06. The summed E-state index contributed by atoms with van der Waals surface area (Å²) in [5.74, 6) is 1.71. The highest BCUT2D eigenvalue weighted by atomic mass is 35.5. The number of nitrogens with zero attached hydrogens (tertiary/aromatic N) is 2. The maximum atomic E-state index is 12.8. The predicted molar refractivity (Wildman–Crippen MR) is 96.6 cm³/mol. The molecule has 1 aromatic heterocycles. The molecule has 0 saturated heterocycles. The van der Waals surface area contributed by atoms with Crippen LogP contribution in [0.25, 0.3) is 11.3 Å². The van der Waals surface area contributed by atoms with Crippen molar-refractivity contribution in [2.75, 3.05) is 13.0 Å². The number of benzene rings is 1. The van der Waals surface area contributed by atoms with E-state index in [1.165, 1.54) is 0 Å². The minimum atomic E-state index is -0.584. The minimum Gasteiger partial charge on any atom is -0.496 e. The van der Waals surface area contributed by atoms with Crippen molar-refractivity contribution in [3.8, 4) is 17.1 Å². The number of rotatable bonds is 7. The molecule has 1 aliphatic carbocycles. The molecule has 0 spiro atoms. The van der Waals surface area contributed by atoms with E-state index in [1.54, 1.807) is 7.11 Å². The van der Waals surface area contributed by atoms with Crippen molar-refractivity contribution in [1.29, 1.82) is 0 Å². The number of halogens is 1. The Bertz CT molecular complexity index is 753. The lowest BCUT2D eigenvalue weighted by Crippen LogP contribution is -2.42. The molecule has 1 saturated carbocycles. The molecule has 5 nitrogen and oxygen atoms in total. The smallest absolute Gasteiger partial charge is 0.230 e. The molecular weight excluding hydrogens is 340 g/mol.